The van der Waals surface area contributed by atoms with E-state index in [1.54, 1.807) is 0 Å². The number of carbonyl (C=O) groups excluding carboxylic acids is 1. The summed E-state index contributed by atoms with van der Waals surface area (Å²) in [5, 5.41) is 2.80. The van der Waals surface area contributed by atoms with Crippen LogP contribution in [0, 0.1) is 6.92 Å². The first-order chi connectivity index (χ1) is 9.65. The topological polar surface area (TPSA) is 67.5 Å². The van der Waals surface area contributed by atoms with E-state index in [4.69, 9.17) is 5.73 Å². The van der Waals surface area contributed by atoms with Crippen LogP contribution >= 0.6 is 0 Å². The molecular formula is C16H15N3O. The Morgan fingerprint density at radius 1 is 1.10 bits per heavy atom. The minimum Gasteiger partial charge on any atom is -0.322 e. The molecule has 4 heteroatoms. The van der Waals surface area contributed by atoms with Gasteiger partial charge in [-0.15, -0.1) is 0 Å². The molecular weight excluding hydrogens is 250 g/mol. The highest BCUT2D eigenvalue weighted by Crippen LogP contribution is 2.23. The van der Waals surface area contributed by atoms with Crippen LogP contribution < -0.4 is 11.1 Å². The van der Waals surface area contributed by atoms with Crippen molar-refractivity contribution in [3.63, 3.8) is 0 Å². The van der Waals surface area contributed by atoms with Gasteiger partial charge < -0.3 is 11.1 Å². The lowest BCUT2D eigenvalue weighted by atomic mass is 10.00. The molecule has 0 fully saturated rings. The molecule has 0 aromatic heterocycles. The second kappa shape index (κ2) is 4.90. The molecule has 1 heterocycles. The van der Waals surface area contributed by atoms with Crippen molar-refractivity contribution in [2.75, 3.05) is 5.32 Å². The van der Waals surface area contributed by atoms with Gasteiger partial charge in [0, 0.05) is 11.1 Å². The van der Waals surface area contributed by atoms with Gasteiger partial charge in [-0.05, 0) is 13.0 Å². The molecule has 0 saturated heterocycles. The van der Waals surface area contributed by atoms with Crippen LogP contribution in [-0.2, 0) is 4.79 Å². The molecule has 3 rings (SSSR count). The summed E-state index contributed by atoms with van der Waals surface area (Å²) in [5.41, 5.74) is 10.3. The molecule has 1 aliphatic heterocycles. The lowest BCUT2D eigenvalue weighted by Crippen LogP contribution is -2.33. The Balaban J connectivity index is 2.18. The summed E-state index contributed by atoms with van der Waals surface area (Å²) in [6.45, 7) is 2.03. The molecule has 3 N–H and O–H groups in total. The number of amides is 1. The van der Waals surface area contributed by atoms with Gasteiger partial charge in [0.15, 0.2) is 6.17 Å². The lowest BCUT2D eigenvalue weighted by Gasteiger charge is -2.09. The normalized spacial score (nSPS) is 17.8. The second-order valence-corrected chi connectivity index (χ2v) is 4.82. The molecule has 2 aromatic rings. The van der Waals surface area contributed by atoms with Gasteiger partial charge in [-0.2, -0.15) is 0 Å². The number of carbonyl (C=O) groups is 1. The van der Waals surface area contributed by atoms with Crippen LogP contribution in [0.3, 0.4) is 0 Å². The summed E-state index contributed by atoms with van der Waals surface area (Å²) in [5.74, 6) is -0.292. The molecule has 4 nitrogen and oxygen atoms in total. The lowest BCUT2D eigenvalue weighted by molar-refractivity contribution is -0.117. The molecule has 1 unspecified atom stereocenters. The van der Waals surface area contributed by atoms with Crippen molar-refractivity contribution in [2.45, 2.75) is 13.1 Å². The number of nitrogens with one attached hydrogen (secondary N) is 1. The number of aliphatic imine (C=N–C) groups is 1. The van der Waals surface area contributed by atoms with Crippen LogP contribution in [0.1, 0.15) is 16.7 Å². The quantitative estimate of drug-likeness (QED) is 0.828. The zero-order valence-electron chi connectivity index (χ0n) is 11.1. The predicted molar refractivity (Wildman–Crippen MR) is 79.9 cm³/mol. The van der Waals surface area contributed by atoms with Gasteiger partial charge in [0.25, 0.3) is 5.91 Å². The Morgan fingerprint density at radius 3 is 2.55 bits per heavy atom. The van der Waals surface area contributed by atoms with E-state index >= 15 is 0 Å². The molecule has 100 valence electrons. The van der Waals surface area contributed by atoms with Crippen LogP contribution in [0.4, 0.5) is 5.69 Å². The maximum atomic E-state index is 11.9. The van der Waals surface area contributed by atoms with E-state index < -0.39 is 6.17 Å². The highest BCUT2D eigenvalue weighted by Gasteiger charge is 2.22. The minimum atomic E-state index is -0.890. The molecule has 1 aliphatic rings. The Hall–Kier alpha value is -2.46. The van der Waals surface area contributed by atoms with E-state index in [0.29, 0.717) is 0 Å². The van der Waals surface area contributed by atoms with Crippen molar-refractivity contribution in [1.29, 1.82) is 0 Å². The van der Waals surface area contributed by atoms with Gasteiger partial charge in [0.05, 0.1) is 11.4 Å². The van der Waals surface area contributed by atoms with Crippen LogP contribution in [0.5, 0.6) is 0 Å². The predicted octanol–water partition coefficient (Wildman–Crippen LogP) is 2.07. The van der Waals surface area contributed by atoms with Crippen LogP contribution in [0.15, 0.2) is 53.5 Å². The molecule has 2 aromatic carbocycles. The van der Waals surface area contributed by atoms with Crippen LogP contribution in [0.2, 0.25) is 0 Å². The smallest absolute Gasteiger partial charge is 0.263 e. The molecule has 0 spiro atoms. The maximum Gasteiger partial charge on any atom is 0.263 e. The highest BCUT2D eigenvalue weighted by molar-refractivity contribution is 6.19. The van der Waals surface area contributed by atoms with Crippen molar-refractivity contribution < 1.29 is 4.79 Å². The largest absolute Gasteiger partial charge is 0.322 e. The third-order valence-electron chi connectivity index (χ3n) is 3.30. The summed E-state index contributed by atoms with van der Waals surface area (Å²) in [4.78, 5) is 16.2. The van der Waals surface area contributed by atoms with Crippen molar-refractivity contribution in [3.8, 4) is 0 Å². The number of hydrogen-bond acceptors (Lipinski definition) is 3. The number of aryl methyl sites for hydroxylation is 1. The minimum absolute atomic E-state index is 0.292. The molecule has 0 bridgehead atoms. The average molecular weight is 265 g/mol. The van der Waals surface area contributed by atoms with E-state index in [1.807, 2.05) is 55.5 Å². The fraction of sp³-hybridized carbons (Fsp3) is 0.125. The summed E-state index contributed by atoms with van der Waals surface area (Å²) in [6.07, 6.45) is -0.890. The number of fused-ring (bicyclic) bond motifs is 1. The average Bonchev–Trinajstić information content (AvgIpc) is 2.58. The summed E-state index contributed by atoms with van der Waals surface area (Å²) in [6, 6.07) is 15.6. The van der Waals surface area contributed by atoms with Gasteiger partial charge in [0.1, 0.15) is 0 Å². The number of benzene rings is 2. The Morgan fingerprint density at radius 2 is 1.80 bits per heavy atom. The highest BCUT2D eigenvalue weighted by atomic mass is 16.2. The third kappa shape index (κ3) is 2.21. The standard InChI is InChI=1S/C16H15N3O/c1-10-6-8-11(9-7-10)14-12-4-2-3-5-13(12)18-16(20)15(17)19-14/h2-9,15H,17H2,1H3,(H,18,20). The molecule has 1 amide bonds. The second-order valence-electron chi connectivity index (χ2n) is 4.82. The van der Waals surface area contributed by atoms with E-state index in [0.717, 1.165) is 22.5 Å². The van der Waals surface area contributed by atoms with E-state index in [-0.39, 0.29) is 5.91 Å². The number of nitrogens with two attached hydrogens (primary N) is 1. The number of nitrogens with zero attached hydrogens (tertiary/aromatic N) is 1. The van der Waals surface area contributed by atoms with Crippen LogP contribution in [0.25, 0.3) is 0 Å². The zero-order valence-corrected chi connectivity index (χ0v) is 11.1. The fourth-order valence-corrected chi connectivity index (χ4v) is 2.21. The molecule has 1 atom stereocenters. The van der Waals surface area contributed by atoms with Gasteiger partial charge in [-0.3, -0.25) is 9.79 Å². The Labute approximate surface area is 117 Å². The maximum absolute atomic E-state index is 11.9. The number of rotatable bonds is 1. The van der Waals surface area contributed by atoms with Gasteiger partial charge in [-0.1, -0.05) is 48.0 Å². The van der Waals surface area contributed by atoms with E-state index in [2.05, 4.69) is 10.3 Å². The molecule has 0 radical (unpaired) electrons. The SMILES string of the molecule is Cc1ccc(C2=NC(N)C(=O)Nc3ccccc32)cc1. The van der Waals surface area contributed by atoms with Crippen molar-refractivity contribution in [1.82, 2.24) is 0 Å². The number of anilines is 1. The number of para-hydroxylation sites is 1. The molecule has 0 saturated carbocycles. The number of hydrogen-bond donors (Lipinski definition) is 2. The Kier molecular flexibility index (Phi) is 3.08. The first kappa shape index (κ1) is 12.6. The van der Waals surface area contributed by atoms with Gasteiger partial charge in [0.2, 0.25) is 0 Å². The fourth-order valence-electron chi connectivity index (χ4n) is 2.21. The van der Waals surface area contributed by atoms with Gasteiger partial charge >= 0.3 is 0 Å². The first-order valence-electron chi connectivity index (χ1n) is 6.46. The van der Waals surface area contributed by atoms with E-state index in [1.165, 1.54) is 5.56 Å². The monoisotopic (exact) mass is 265 g/mol. The number of benzodiazepines with no additional fused rings is 1. The van der Waals surface area contributed by atoms with Crippen LogP contribution in [-0.4, -0.2) is 17.8 Å². The first-order valence-corrected chi connectivity index (χ1v) is 6.46. The summed E-state index contributed by atoms with van der Waals surface area (Å²) >= 11 is 0. The molecule has 0 aliphatic carbocycles. The zero-order chi connectivity index (χ0) is 14.1. The summed E-state index contributed by atoms with van der Waals surface area (Å²) in [7, 11) is 0. The van der Waals surface area contributed by atoms with E-state index in [9.17, 15) is 4.79 Å². The van der Waals surface area contributed by atoms with Crippen molar-refractivity contribution in [2.24, 2.45) is 10.7 Å². The Bertz CT molecular complexity index is 689. The van der Waals surface area contributed by atoms with Crippen molar-refractivity contribution in [3.05, 3.63) is 65.2 Å². The molecule has 20 heavy (non-hydrogen) atoms. The van der Waals surface area contributed by atoms with Gasteiger partial charge in [-0.25, -0.2) is 0 Å². The summed E-state index contributed by atoms with van der Waals surface area (Å²) < 4.78 is 0. The van der Waals surface area contributed by atoms with Crippen molar-refractivity contribution >= 4 is 17.3 Å². The third-order valence-corrected chi connectivity index (χ3v) is 3.30.